The largest absolute Gasteiger partial charge is 0.497 e. The smallest absolute Gasteiger partial charge is 0.227 e. The van der Waals surface area contributed by atoms with Gasteiger partial charge in [-0.05, 0) is 36.8 Å². The Kier molecular flexibility index (Phi) is 5.03. The summed E-state index contributed by atoms with van der Waals surface area (Å²) in [4.78, 5) is 26.4. The fourth-order valence-electron chi connectivity index (χ4n) is 3.05. The van der Waals surface area contributed by atoms with Crippen molar-refractivity contribution in [2.75, 3.05) is 18.6 Å². The van der Waals surface area contributed by atoms with Crippen LogP contribution in [0.2, 0.25) is 0 Å². The van der Waals surface area contributed by atoms with Crippen molar-refractivity contribution in [3.8, 4) is 5.75 Å². The summed E-state index contributed by atoms with van der Waals surface area (Å²) in [6, 6.07) is 15.3. The van der Waals surface area contributed by atoms with Crippen LogP contribution < -0.4 is 15.0 Å². The summed E-state index contributed by atoms with van der Waals surface area (Å²) in [7, 11) is 1.60. The van der Waals surface area contributed by atoms with Gasteiger partial charge in [0.15, 0.2) is 0 Å². The van der Waals surface area contributed by atoms with Crippen molar-refractivity contribution in [1.29, 1.82) is 0 Å². The van der Waals surface area contributed by atoms with Gasteiger partial charge >= 0.3 is 0 Å². The minimum absolute atomic E-state index is 0.0270. The van der Waals surface area contributed by atoms with Crippen molar-refractivity contribution in [2.24, 2.45) is 5.92 Å². The van der Waals surface area contributed by atoms with Gasteiger partial charge in [0.1, 0.15) is 5.75 Å². The molecule has 0 bridgehead atoms. The summed E-state index contributed by atoms with van der Waals surface area (Å²) >= 11 is 0. The van der Waals surface area contributed by atoms with Gasteiger partial charge in [-0.2, -0.15) is 0 Å². The van der Waals surface area contributed by atoms with E-state index in [1.165, 1.54) is 0 Å². The number of nitrogens with zero attached hydrogens (tertiary/aromatic N) is 1. The van der Waals surface area contributed by atoms with E-state index in [-0.39, 0.29) is 24.2 Å². The molecule has 1 N–H and O–H groups in total. The van der Waals surface area contributed by atoms with E-state index in [4.69, 9.17) is 4.74 Å². The number of benzene rings is 2. The Bertz CT molecular complexity index is 771. The molecule has 1 heterocycles. The predicted octanol–water partition coefficient (Wildman–Crippen LogP) is 2.67. The molecule has 0 aliphatic carbocycles. The van der Waals surface area contributed by atoms with E-state index in [1.807, 2.05) is 55.5 Å². The van der Waals surface area contributed by atoms with Crippen molar-refractivity contribution in [1.82, 2.24) is 5.32 Å². The summed E-state index contributed by atoms with van der Waals surface area (Å²) in [6.07, 6.45) is 0.242. The second-order valence-electron chi connectivity index (χ2n) is 6.31. The molecule has 1 saturated heterocycles. The molecule has 5 nitrogen and oxygen atoms in total. The molecule has 0 unspecified atom stereocenters. The summed E-state index contributed by atoms with van der Waals surface area (Å²) in [5.74, 6) is 0.314. The normalized spacial score (nSPS) is 16.8. The van der Waals surface area contributed by atoms with Crippen LogP contribution in [0.1, 0.15) is 17.5 Å². The minimum Gasteiger partial charge on any atom is -0.497 e. The molecule has 1 fully saturated rings. The average Bonchev–Trinajstić information content (AvgIpc) is 3.02. The zero-order valence-electron chi connectivity index (χ0n) is 14.5. The van der Waals surface area contributed by atoms with Crippen LogP contribution in [-0.2, 0) is 16.1 Å². The highest BCUT2D eigenvalue weighted by Crippen LogP contribution is 2.27. The molecule has 1 aliphatic heterocycles. The topological polar surface area (TPSA) is 58.6 Å². The van der Waals surface area contributed by atoms with Gasteiger partial charge in [0.2, 0.25) is 11.8 Å². The SMILES string of the molecule is COc1ccc(N2C[C@H](C(=O)NCc3cccc(C)c3)CC2=O)cc1. The number of hydrogen-bond acceptors (Lipinski definition) is 3. The van der Waals surface area contributed by atoms with Crippen LogP contribution in [0.25, 0.3) is 0 Å². The van der Waals surface area contributed by atoms with Crippen LogP contribution in [-0.4, -0.2) is 25.5 Å². The molecule has 2 aromatic carbocycles. The first-order chi connectivity index (χ1) is 12.1. The fraction of sp³-hybridized carbons (Fsp3) is 0.300. The number of anilines is 1. The van der Waals surface area contributed by atoms with Gasteiger partial charge in [0, 0.05) is 25.2 Å². The van der Waals surface area contributed by atoms with Gasteiger partial charge in [-0.3, -0.25) is 9.59 Å². The number of ether oxygens (including phenoxy) is 1. The lowest BCUT2D eigenvalue weighted by Crippen LogP contribution is -2.32. The van der Waals surface area contributed by atoms with Gasteiger partial charge in [0.25, 0.3) is 0 Å². The molecule has 0 aromatic heterocycles. The third kappa shape index (κ3) is 3.99. The predicted molar refractivity (Wildman–Crippen MR) is 96.5 cm³/mol. The first kappa shape index (κ1) is 17.0. The second kappa shape index (κ2) is 7.38. The molecule has 0 spiro atoms. The summed E-state index contributed by atoms with van der Waals surface area (Å²) < 4.78 is 5.13. The number of aryl methyl sites for hydroxylation is 1. The molecular formula is C20H22N2O3. The van der Waals surface area contributed by atoms with Crippen molar-refractivity contribution in [3.05, 3.63) is 59.7 Å². The van der Waals surface area contributed by atoms with Crippen LogP contribution in [0.3, 0.4) is 0 Å². The number of methoxy groups -OCH3 is 1. The molecule has 3 rings (SSSR count). The number of nitrogens with one attached hydrogen (secondary N) is 1. The monoisotopic (exact) mass is 338 g/mol. The van der Waals surface area contributed by atoms with Crippen LogP contribution >= 0.6 is 0 Å². The number of rotatable bonds is 5. The Morgan fingerprint density at radius 3 is 2.68 bits per heavy atom. The molecule has 5 heteroatoms. The fourth-order valence-corrected chi connectivity index (χ4v) is 3.05. The Morgan fingerprint density at radius 1 is 1.24 bits per heavy atom. The van der Waals surface area contributed by atoms with Gasteiger partial charge < -0.3 is 15.0 Å². The third-order valence-corrected chi connectivity index (χ3v) is 4.43. The Morgan fingerprint density at radius 2 is 2.00 bits per heavy atom. The minimum atomic E-state index is -0.320. The molecule has 130 valence electrons. The Hall–Kier alpha value is -2.82. The molecule has 25 heavy (non-hydrogen) atoms. The zero-order chi connectivity index (χ0) is 17.8. The Labute approximate surface area is 147 Å². The lowest BCUT2D eigenvalue weighted by atomic mass is 10.1. The van der Waals surface area contributed by atoms with E-state index >= 15 is 0 Å². The van der Waals surface area contributed by atoms with Gasteiger partial charge in [0.05, 0.1) is 13.0 Å². The van der Waals surface area contributed by atoms with E-state index in [9.17, 15) is 9.59 Å². The maximum absolute atomic E-state index is 12.4. The Balaban J connectivity index is 1.60. The van der Waals surface area contributed by atoms with Crippen molar-refractivity contribution >= 4 is 17.5 Å². The number of hydrogen-bond donors (Lipinski definition) is 1. The van der Waals surface area contributed by atoms with Gasteiger partial charge in [-0.1, -0.05) is 29.8 Å². The molecule has 1 atom stereocenters. The van der Waals surface area contributed by atoms with E-state index in [0.717, 1.165) is 22.6 Å². The standard InChI is InChI=1S/C20H22N2O3/c1-14-4-3-5-15(10-14)12-21-20(24)16-11-19(23)22(13-16)17-6-8-18(25-2)9-7-17/h3-10,16H,11-13H2,1-2H3,(H,21,24)/t16-/m1/s1. The molecule has 2 aromatic rings. The van der Waals surface area contributed by atoms with Crippen LogP contribution in [0.5, 0.6) is 5.75 Å². The second-order valence-corrected chi connectivity index (χ2v) is 6.31. The highest BCUT2D eigenvalue weighted by molar-refractivity contribution is 6.00. The summed E-state index contributed by atoms with van der Waals surface area (Å²) in [6.45, 7) is 2.91. The molecule has 0 radical (unpaired) electrons. The first-order valence-corrected chi connectivity index (χ1v) is 8.34. The first-order valence-electron chi connectivity index (χ1n) is 8.34. The molecular weight excluding hydrogens is 316 g/mol. The summed E-state index contributed by atoms with van der Waals surface area (Å²) in [5, 5.41) is 2.94. The lowest BCUT2D eigenvalue weighted by Gasteiger charge is -2.17. The van der Waals surface area contributed by atoms with E-state index < -0.39 is 0 Å². The molecule has 1 aliphatic rings. The van der Waals surface area contributed by atoms with Gasteiger partial charge in [-0.15, -0.1) is 0 Å². The van der Waals surface area contributed by atoms with Gasteiger partial charge in [-0.25, -0.2) is 0 Å². The van der Waals surface area contributed by atoms with Crippen LogP contribution in [0.4, 0.5) is 5.69 Å². The average molecular weight is 338 g/mol. The highest BCUT2D eigenvalue weighted by atomic mass is 16.5. The molecule has 0 saturated carbocycles. The zero-order valence-corrected chi connectivity index (χ0v) is 14.5. The number of carbonyl (C=O) groups excluding carboxylic acids is 2. The maximum Gasteiger partial charge on any atom is 0.227 e. The maximum atomic E-state index is 12.4. The van der Waals surface area contributed by atoms with Crippen molar-refractivity contribution in [2.45, 2.75) is 19.9 Å². The van der Waals surface area contributed by atoms with Crippen LogP contribution in [0, 0.1) is 12.8 Å². The van der Waals surface area contributed by atoms with Crippen molar-refractivity contribution in [3.63, 3.8) is 0 Å². The van der Waals surface area contributed by atoms with Crippen LogP contribution in [0.15, 0.2) is 48.5 Å². The lowest BCUT2D eigenvalue weighted by molar-refractivity contribution is -0.126. The number of amides is 2. The molecule has 2 amide bonds. The van der Waals surface area contributed by atoms with E-state index in [0.29, 0.717) is 13.1 Å². The van der Waals surface area contributed by atoms with E-state index in [1.54, 1.807) is 12.0 Å². The highest BCUT2D eigenvalue weighted by Gasteiger charge is 2.34. The van der Waals surface area contributed by atoms with Crippen molar-refractivity contribution < 1.29 is 14.3 Å². The van der Waals surface area contributed by atoms with E-state index in [2.05, 4.69) is 5.32 Å². The summed E-state index contributed by atoms with van der Waals surface area (Å²) in [5.41, 5.74) is 3.01. The third-order valence-electron chi connectivity index (χ3n) is 4.43. The quantitative estimate of drug-likeness (QED) is 0.912. The number of carbonyl (C=O) groups is 2.